The normalized spacial score (nSPS) is 32.1. The van der Waals surface area contributed by atoms with Crippen LogP contribution in [0.1, 0.15) is 36.8 Å². The van der Waals surface area contributed by atoms with Gasteiger partial charge < -0.3 is 10.0 Å². The van der Waals surface area contributed by atoms with E-state index in [4.69, 9.17) is 5.26 Å². The summed E-state index contributed by atoms with van der Waals surface area (Å²) in [6, 6.07) is 21.1. The molecule has 2 atom stereocenters. The summed E-state index contributed by atoms with van der Waals surface area (Å²) in [6.45, 7) is 4.30. The van der Waals surface area contributed by atoms with E-state index in [0.717, 1.165) is 50.1 Å². The van der Waals surface area contributed by atoms with Crippen molar-refractivity contribution in [1.82, 2.24) is 4.90 Å². The van der Waals surface area contributed by atoms with E-state index in [0.29, 0.717) is 17.9 Å². The Morgan fingerprint density at radius 3 is 2.07 bits per heavy atom. The molecule has 0 spiro atoms. The monoisotopic (exact) mass is 387 g/mol. The van der Waals surface area contributed by atoms with E-state index in [1.165, 1.54) is 18.5 Å². The Labute approximate surface area is 173 Å². The molecule has 0 radical (unpaired) electrons. The lowest BCUT2D eigenvalue weighted by atomic mass is 9.89. The third-order valence-corrected chi connectivity index (χ3v) is 7.52. The lowest BCUT2D eigenvalue weighted by Crippen LogP contribution is -2.50. The molecule has 29 heavy (non-hydrogen) atoms. The summed E-state index contributed by atoms with van der Waals surface area (Å²) < 4.78 is 0. The lowest BCUT2D eigenvalue weighted by Gasteiger charge is -2.39. The molecule has 2 aromatic carbocycles. The van der Waals surface area contributed by atoms with Gasteiger partial charge in [-0.2, -0.15) is 5.26 Å². The summed E-state index contributed by atoms with van der Waals surface area (Å²) in [5, 5.41) is 20.2. The number of fused-ring (bicyclic) bond motifs is 1. The summed E-state index contributed by atoms with van der Waals surface area (Å²) >= 11 is 0. The Bertz CT molecular complexity index is 867. The molecule has 2 aliphatic carbocycles. The Morgan fingerprint density at radius 1 is 0.862 bits per heavy atom. The maximum atomic E-state index is 11.2. The first kappa shape index (κ1) is 18.7. The molecule has 1 aliphatic heterocycles. The lowest BCUT2D eigenvalue weighted by molar-refractivity contribution is 0.0309. The number of aliphatic hydroxyl groups is 1. The molecule has 1 heterocycles. The van der Waals surface area contributed by atoms with Gasteiger partial charge in [-0.05, 0) is 67.3 Å². The zero-order valence-corrected chi connectivity index (χ0v) is 16.9. The smallest absolute Gasteiger partial charge is 0.0991 e. The van der Waals surface area contributed by atoms with Crippen LogP contribution in [0.4, 0.5) is 5.69 Å². The van der Waals surface area contributed by atoms with Crippen molar-refractivity contribution in [3.63, 3.8) is 0 Å². The number of anilines is 1. The highest BCUT2D eigenvalue weighted by Crippen LogP contribution is 2.53. The quantitative estimate of drug-likeness (QED) is 0.871. The van der Waals surface area contributed by atoms with Gasteiger partial charge in [-0.1, -0.05) is 30.3 Å². The number of piperazine rings is 1. The highest BCUT2D eigenvalue weighted by Gasteiger charge is 2.50. The van der Waals surface area contributed by atoms with Gasteiger partial charge in [0.2, 0.25) is 0 Å². The largest absolute Gasteiger partial charge is 0.385 e. The second-order valence-electron chi connectivity index (χ2n) is 9.13. The molecule has 2 saturated carbocycles. The predicted octanol–water partition coefficient (Wildman–Crippen LogP) is 3.76. The highest BCUT2D eigenvalue weighted by atomic mass is 16.3. The number of rotatable bonds is 3. The van der Waals surface area contributed by atoms with E-state index in [2.05, 4.69) is 40.1 Å². The number of hydrogen-bond donors (Lipinski definition) is 1. The molecule has 2 unspecified atom stereocenters. The summed E-state index contributed by atoms with van der Waals surface area (Å²) in [7, 11) is 0. The maximum Gasteiger partial charge on any atom is 0.0991 e. The summed E-state index contributed by atoms with van der Waals surface area (Å²) in [5.74, 6) is 1.31. The number of nitriles is 1. The Hall–Kier alpha value is -2.35. The summed E-state index contributed by atoms with van der Waals surface area (Å²) in [4.78, 5) is 5.11. The number of hydrogen-bond acceptors (Lipinski definition) is 4. The molecule has 4 nitrogen and oxygen atoms in total. The molecule has 1 N–H and O–H groups in total. The first-order chi connectivity index (χ1) is 14.1. The summed E-state index contributed by atoms with van der Waals surface area (Å²) in [6.07, 6.45) is 4.31. The van der Waals surface area contributed by atoms with Crippen molar-refractivity contribution in [3.8, 4) is 6.07 Å². The minimum Gasteiger partial charge on any atom is -0.385 e. The van der Waals surface area contributed by atoms with Gasteiger partial charge >= 0.3 is 0 Å². The zero-order chi connectivity index (χ0) is 19.8. The van der Waals surface area contributed by atoms with Crippen LogP contribution in [0.15, 0.2) is 54.6 Å². The predicted molar refractivity (Wildman–Crippen MR) is 115 cm³/mol. The van der Waals surface area contributed by atoms with Crippen molar-refractivity contribution in [1.29, 1.82) is 5.26 Å². The summed E-state index contributed by atoms with van der Waals surface area (Å²) in [5.41, 5.74) is 2.43. The van der Waals surface area contributed by atoms with Crippen LogP contribution in [0, 0.1) is 23.2 Å². The van der Waals surface area contributed by atoms with Gasteiger partial charge in [0.05, 0.1) is 17.2 Å². The van der Waals surface area contributed by atoms with Crippen molar-refractivity contribution < 1.29 is 5.11 Å². The highest BCUT2D eigenvalue weighted by molar-refractivity contribution is 5.50. The second kappa shape index (κ2) is 7.48. The van der Waals surface area contributed by atoms with Gasteiger partial charge in [0.1, 0.15) is 0 Å². The minimum absolute atomic E-state index is 0.615. The zero-order valence-electron chi connectivity index (χ0n) is 16.9. The average molecular weight is 388 g/mol. The first-order valence-corrected chi connectivity index (χ1v) is 10.9. The molecule has 2 aromatic rings. The van der Waals surface area contributed by atoms with E-state index in [9.17, 15) is 5.11 Å². The van der Waals surface area contributed by atoms with Crippen LogP contribution in [-0.2, 0) is 5.60 Å². The van der Waals surface area contributed by atoms with Crippen molar-refractivity contribution >= 4 is 5.69 Å². The van der Waals surface area contributed by atoms with Gasteiger partial charge in [-0.3, -0.25) is 4.90 Å². The van der Waals surface area contributed by atoms with Crippen LogP contribution < -0.4 is 4.90 Å². The fraction of sp³-hybridized carbons (Fsp3) is 0.480. The molecule has 150 valence electrons. The van der Waals surface area contributed by atoms with Gasteiger partial charge in [0.15, 0.2) is 0 Å². The molecular weight excluding hydrogens is 358 g/mol. The van der Waals surface area contributed by atoms with Crippen LogP contribution in [0.2, 0.25) is 0 Å². The molecule has 1 saturated heterocycles. The van der Waals surface area contributed by atoms with Crippen molar-refractivity contribution in [2.24, 2.45) is 11.8 Å². The van der Waals surface area contributed by atoms with E-state index >= 15 is 0 Å². The van der Waals surface area contributed by atoms with Crippen LogP contribution >= 0.6 is 0 Å². The van der Waals surface area contributed by atoms with E-state index in [1.54, 1.807) is 0 Å². The molecule has 4 heteroatoms. The van der Waals surface area contributed by atoms with E-state index < -0.39 is 5.60 Å². The van der Waals surface area contributed by atoms with Crippen molar-refractivity contribution in [3.05, 3.63) is 65.7 Å². The molecule has 0 aromatic heterocycles. The van der Waals surface area contributed by atoms with Crippen LogP contribution in [0.25, 0.3) is 0 Å². The van der Waals surface area contributed by atoms with Gasteiger partial charge in [-0.15, -0.1) is 0 Å². The van der Waals surface area contributed by atoms with Gasteiger partial charge in [0, 0.05) is 37.9 Å². The fourth-order valence-electron chi connectivity index (χ4n) is 6.01. The standard InChI is InChI=1S/C25H29N3O/c26-18-19-6-8-23(9-7-19)27-10-12-28(13-11-27)24-14-20-16-25(29,17-21(20)15-24)22-4-2-1-3-5-22/h1-9,20-21,24,29H,10-17H2. The Kier molecular flexibility index (Phi) is 4.81. The SMILES string of the molecule is N#Cc1ccc(N2CCN(C3CC4CC(O)(c5ccccc5)CC4C3)CC2)cc1. The van der Waals surface area contributed by atoms with Crippen LogP contribution in [0.3, 0.4) is 0 Å². The number of nitrogens with zero attached hydrogens (tertiary/aromatic N) is 3. The average Bonchev–Trinajstić information content (AvgIpc) is 3.30. The number of benzene rings is 2. The third-order valence-electron chi connectivity index (χ3n) is 7.52. The first-order valence-electron chi connectivity index (χ1n) is 10.9. The van der Waals surface area contributed by atoms with Gasteiger partial charge in [-0.25, -0.2) is 0 Å². The van der Waals surface area contributed by atoms with Crippen molar-refractivity contribution in [2.75, 3.05) is 31.1 Å². The topological polar surface area (TPSA) is 50.5 Å². The van der Waals surface area contributed by atoms with Crippen LogP contribution in [-0.4, -0.2) is 42.2 Å². The second-order valence-corrected chi connectivity index (χ2v) is 9.13. The van der Waals surface area contributed by atoms with Crippen LogP contribution in [0.5, 0.6) is 0 Å². The Balaban J connectivity index is 1.17. The molecular formula is C25H29N3O. The maximum absolute atomic E-state index is 11.2. The molecule has 0 bridgehead atoms. The van der Waals surface area contributed by atoms with Gasteiger partial charge in [0.25, 0.3) is 0 Å². The minimum atomic E-state index is -0.615. The third kappa shape index (κ3) is 3.54. The van der Waals surface area contributed by atoms with E-state index in [-0.39, 0.29) is 0 Å². The van der Waals surface area contributed by atoms with Crippen molar-refractivity contribution in [2.45, 2.75) is 37.3 Å². The molecule has 3 fully saturated rings. The molecule has 0 amide bonds. The fourth-order valence-corrected chi connectivity index (χ4v) is 6.01. The van der Waals surface area contributed by atoms with E-state index in [1.807, 2.05) is 30.3 Å². The Morgan fingerprint density at radius 2 is 1.48 bits per heavy atom. The molecule has 5 rings (SSSR count). The molecule has 3 aliphatic rings.